The first kappa shape index (κ1) is 26.8. The molecule has 2 saturated heterocycles. The van der Waals surface area contributed by atoms with Crippen LogP contribution in [0.1, 0.15) is 41.4 Å². The first-order valence-corrected chi connectivity index (χ1v) is 13.7. The summed E-state index contributed by atoms with van der Waals surface area (Å²) in [5.41, 5.74) is 3.35. The van der Waals surface area contributed by atoms with Crippen LogP contribution in [0.3, 0.4) is 0 Å². The average molecular weight is 529 g/mol. The Hall–Kier alpha value is -3.82. The zero-order valence-corrected chi connectivity index (χ0v) is 22.5. The maximum Gasteiger partial charge on any atom is 0.416 e. The first-order chi connectivity index (χ1) is 19.0. The summed E-state index contributed by atoms with van der Waals surface area (Å²) < 4.78 is 5.46. The van der Waals surface area contributed by atoms with Crippen LogP contribution < -0.4 is 10.1 Å². The molecule has 0 aliphatic carbocycles. The number of anilines is 1. The van der Waals surface area contributed by atoms with E-state index in [1.807, 2.05) is 42.5 Å². The molecule has 39 heavy (non-hydrogen) atoms. The van der Waals surface area contributed by atoms with Crippen molar-refractivity contribution in [2.45, 2.75) is 32.9 Å². The van der Waals surface area contributed by atoms with Gasteiger partial charge in [-0.1, -0.05) is 25.1 Å². The summed E-state index contributed by atoms with van der Waals surface area (Å²) in [6.07, 6.45) is 5.36. The molecule has 1 N–H and O–H groups in total. The highest BCUT2D eigenvalue weighted by molar-refractivity contribution is 6.04. The van der Waals surface area contributed by atoms with Gasteiger partial charge in [-0.2, -0.15) is 0 Å². The fourth-order valence-corrected chi connectivity index (χ4v) is 4.92. The van der Waals surface area contributed by atoms with Crippen LogP contribution in [0.4, 0.5) is 10.5 Å². The number of carbonyl (C=O) groups is 2. The minimum atomic E-state index is -0.420. The molecule has 4 heterocycles. The minimum Gasteiger partial charge on any atom is -0.391 e. The molecule has 2 amide bonds. The van der Waals surface area contributed by atoms with E-state index in [2.05, 4.69) is 32.0 Å². The van der Waals surface area contributed by atoms with Crippen molar-refractivity contribution in [1.82, 2.24) is 24.7 Å². The lowest BCUT2D eigenvalue weighted by Crippen LogP contribution is -2.49. The zero-order chi connectivity index (χ0) is 27.0. The van der Waals surface area contributed by atoms with E-state index in [0.29, 0.717) is 24.3 Å². The highest BCUT2D eigenvalue weighted by Gasteiger charge is 2.23. The number of piperidine rings is 1. The maximum atomic E-state index is 12.7. The molecule has 3 aromatic rings. The number of hydrogen-bond acceptors (Lipinski definition) is 7. The third kappa shape index (κ3) is 7.61. The quantitative estimate of drug-likeness (QED) is 0.490. The molecule has 1 aromatic carbocycles. The number of aromatic nitrogens is 2. The van der Waals surface area contributed by atoms with Crippen molar-refractivity contribution in [2.75, 3.05) is 44.6 Å². The SMILES string of the molecule is CC1CCN(Cc2ccc(C(=O)Nc3ccc(OC(=O)N4CCN(Cc5ccccn5)CC4)nc3)cc2)CC1. The van der Waals surface area contributed by atoms with Crippen LogP contribution >= 0.6 is 0 Å². The molecule has 204 valence electrons. The van der Waals surface area contributed by atoms with Crippen LogP contribution in [0.15, 0.2) is 67.0 Å². The van der Waals surface area contributed by atoms with Crippen LogP contribution in [-0.4, -0.2) is 75.9 Å². The lowest BCUT2D eigenvalue weighted by Gasteiger charge is -2.33. The van der Waals surface area contributed by atoms with E-state index in [9.17, 15) is 9.59 Å². The maximum absolute atomic E-state index is 12.7. The highest BCUT2D eigenvalue weighted by Crippen LogP contribution is 2.19. The molecule has 0 spiro atoms. The van der Waals surface area contributed by atoms with Gasteiger partial charge >= 0.3 is 6.09 Å². The number of piperazine rings is 1. The molecular formula is C30H36N6O3. The molecule has 9 nitrogen and oxygen atoms in total. The first-order valence-electron chi connectivity index (χ1n) is 13.7. The molecule has 2 aromatic heterocycles. The van der Waals surface area contributed by atoms with Crippen molar-refractivity contribution >= 4 is 17.7 Å². The Balaban J connectivity index is 1.06. The van der Waals surface area contributed by atoms with Gasteiger partial charge < -0.3 is 15.0 Å². The molecule has 2 fully saturated rings. The van der Waals surface area contributed by atoms with Gasteiger partial charge in [0, 0.05) is 57.1 Å². The number of ether oxygens (including phenoxy) is 1. The van der Waals surface area contributed by atoms with Crippen molar-refractivity contribution in [3.05, 3.63) is 83.8 Å². The lowest BCUT2D eigenvalue weighted by atomic mass is 9.99. The molecule has 5 rings (SSSR count). The molecule has 0 saturated carbocycles. The lowest BCUT2D eigenvalue weighted by molar-refractivity contribution is 0.102. The fraction of sp³-hybridized carbons (Fsp3) is 0.400. The van der Waals surface area contributed by atoms with Crippen LogP contribution in [0.25, 0.3) is 0 Å². The number of carbonyl (C=O) groups excluding carboxylic acids is 2. The van der Waals surface area contributed by atoms with Crippen molar-refractivity contribution < 1.29 is 14.3 Å². The van der Waals surface area contributed by atoms with Crippen LogP contribution in [0.2, 0.25) is 0 Å². The van der Waals surface area contributed by atoms with Crippen molar-refractivity contribution in [3.8, 4) is 5.88 Å². The summed E-state index contributed by atoms with van der Waals surface area (Å²) in [7, 11) is 0. The number of benzene rings is 1. The predicted octanol–water partition coefficient (Wildman–Crippen LogP) is 4.28. The third-order valence-corrected chi connectivity index (χ3v) is 7.43. The second-order valence-corrected chi connectivity index (χ2v) is 10.4. The Kier molecular flexibility index (Phi) is 8.80. The van der Waals surface area contributed by atoms with E-state index in [1.54, 1.807) is 23.2 Å². The van der Waals surface area contributed by atoms with Gasteiger partial charge in [0.15, 0.2) is 0 Å². The summed E-state index contributed by atoms with van der Waals surface area (Å²) in [5, 5.41) is 2.86. The molecule has 2 aliphatic heterocycles. The van der Waals surface area contributed by atoms with Gasteiger partial charge in [-0.3, -0.25) is 19.6 Å². The van der Waals surface area contributed by atoms with Crippen LogP contribution in [-0.2, 0) is 13.1 Å². The molecule has 9 heteroatoms. The largest absolute Gasteiger partial charge is 0.416 e. The second kappa shape index (κ2) is 12.8. The highest BCUT2D eigenvalue weighted by atomic mass is 16.6. The number of nitrogens with one attached hydrogen (secondary N) is 1. The van der Waals surface area contributed by atoms with Crippen molar-refractivity contribution in [1.29, 1.82) is 0 Å². The molecule has 0 bridgehead atoms. The van der Waals surface area contributed by atoms with Gasteiger partial charge in [0.2, 0.25) is 5.88 Å². The summed E-state index contributed by atoms with van der Waals surface area (Å²) in [4.78, 5) is 40.3. The smallest absolute Gasteiger partial charge is 0.391 e. The summed E-state index contributed by atoms with van der Waals surface area (Å²) >= 11 is 0. The second-order valence-electron chi connectivity index (χ2n) is 10.4. The van der Waals surface area contributed by atoms with Crippen LogP contribution in [0.5, 0.6) is 5.88 Å². The number of hydrogen-bond donors (Lipinski definition) is 1. The van der Waals surface area contributed by atoms with Gasteiger partial charge in [0.1, 0.15) is 0 Å². The number of pyridine rings is 2. The molecule has 0 radical (unpaired) electrons. The van der Waals surface area contributed by atoms with Gasteiger partial charge in [-0.25, -0.2) is 9.78 Å². The summed E-state index contributed by atoms with van der Waals surface area (Å²) in [6.45, 7) is 8.92. The number of nitrogens with zero attached hydrogens (tertiary/aromatic N) is 5. The topological polar surface area (TPSA) is 90.9 Å². The Morgan fingerprint density at radius 1 is 0.872 bits per heavy atom. The zero-order valence-electron chi connectivity index (χ0n) is 22.5. The van der Waals surface area contributed by atoms with E-state index in [1.165, 1.54) is 24.6 Å². The number of likely N-dealkylation sites (tertiary alicyclic amines) is 1. The predicted molar refractivity (Wildman–Crippen MR) is 149 cm³/mol. The Labute approximate surface area is 229 Å². The normalized spacial score (nSPS) is 17.1. The Morgan fingerprint density at radius 2 is 1.62 bits per heavy atom. The Bertz CT molecular complexity index is 1220. The average Bonchev–Trinajstić information content (AvgIpc) is 2.96. The van der Waals surface area contributed by atoms with Gasteiger partial charge in [0.25, 0.3) is 5.91 Å². The van der Waals surface area contributed by atoms with Crippen molar-refractivity contribution in [2.24, 2.45) is 5.92 Å². The van der Waals surface area contributed by atoms with E-state index >= 15 is 0 Å². The molecular weight excluding hydrogens is 492 g/mol. The minimum absolute atomic E-state index is 0.199. The molecule has 0 unspecified atom stereocenters. The Morgan fingerprint density at radius 3 is 2.28 bits per heavy atom. The number of amides is 2. The monoisotopic (exact) mass is 528 g/mol. The van der Waals surface area contributed by atoms with E-state index in [-0.39, 0.29) is 11.8 Å². The van der Waals surface area contributed by atoms with Gasteiger partial charge in [-0.05, 0) is 67.7 Å². The molecule has 0 atom stereocenters. The standard InChI is InChI=1S/C30H36N6O3/c1-23-11-14-34(15-12-23)21-24-5-7-25(8-6-24)29(37)33-26-9-10-28(32-20-26)39-30(38)36-18-16-35(17-19-36)22-27-4-2-3-13-31-27/h2-10,13,20,23H,11-12,14-19,21-22H2,1H3,(H,33,37). The third-order valence-electron chi connectivity index (χ3n) is 7.43. The molecule has 2 aliphatic rings. The summed E-state index contributed by atoms with van der Waals surface area (Å²) in [6, 6.07) is 16.9. The fourth-order valence-electron chi connectivity index (χ4n) is 4.92. The van der Waals surface area contributed by atoms with E-state index in [4.69, 9.17) is 4.74 Å². The van der Waals surface area contributed by atoms with Crippen molar-refractivity contribution in [3.63, 3.8) is 0 Å². The number of rotatable bonds is 7. The van der Waals surface area contributed by atoms with E-state index < -0.39 is 6.09 Å². The van der Waals surface area contributed by atoms with Gasteiger partial charge in [0.05, 0.1) is 17.6 Å². The van der Waals surface area contributed by atoms with Crippen LogP contribution in [0, 0.1) is 5.92 Å². The van der Waals surface area contributed by atoms with E-state index in [0.717, 1.165) is 50.9 Å². The van der Waals surface area contributed by atoms with Gasteiger partial charge in [-0.15, -0.1) is 0 Å². The summed E-state index contributed by atoms with van der Waals surface area (Å²) in [5.74, 6) is 0.807.